The van der Waals surface area contributed by atoms with Gasteiger partial charge in [0.25, 0.3) is 5.91 Å². The van der Waals surface area contributed by atoms with Crippen LogP contribution >= 0.6 is 11.6 Å². The SMILES string of the molecule is CN(Cc1cn[nH]c1)C(=O)CNC(=O)c1cccc(Cl)c1. The van der Waals surface area contributed by atoms with Crippen molar-refractivity contribution in [1.82, 2.24) is 20.4 Å². The molecule has 2 aromatic rings. The molecule has 1 aromatic heterocycles. The van der Waals surface area contributed by atoms with Crippen LogP contribution < -0.4 is 5.32 Å². The molecule has 0 saturated carbocycles. The first-order valence-corrected chi connectivity index (χ1v) is 6.69. The number of rotatable bonds is 5. The van der Waals surface area contributed by atoms with Crippen molar-refractivity contribution in [2.75, 3.05) is 13.6 Å². The number of hydrogen-bond donors (Lipinski definition) is 2. The van der Waals surface area contributed by atoms with Crippen molar-refractivity contribution in [3.63, 3.8) is 0 Å². The van der Waals surface area contributed by atoms with Gasteiger partial charge in [0.15, 0.2) is 0 Å². The highest BCUT2D eigenvalue weighted by Gasteiger charge is 2.12. The molecule has 6 nitrogen and oxygen atoms in total. The van der Waals surface area contributed by atoms with Crippen LogP contribution in [0.25, 0.3) is 0 Å². The maximum absolute atomic E-state index is 11.9. The van der Waals surface area contributed by atoms with Gasteiger partial charge in [0, 0.05) is 35.9 Å². The number of H-pyrrole nitrogens is 1. The first-order chi connectivity index (χ1) is 10.1. The molecule has 2 N–H and O–H groups in total. The average Bonchev–Trinajstić information content (AvgIpc) is 2.97. The zero-order valence-corrected chi connectivity index (χ0v) is 12.2. The summed E-state index contributed by atoms with van der Waals surface area (Å²) in [6, 6.07) is 6.56. The number of hydrogen-bond acceptors (Lipinski definition) is 3. The second kappa shape index (κ2) is 6.90. The molecule has 1 heterocycles. The maximum atomic E-state index is 11.9. The number of carbonyl (C=O) groups is 2. The van der Waals surface area contributed by atoms with Crippen LogP contribution in [-0.2, 0) is 11.3 Å². The van der Waals surface area contributed by atoms with Crippen molar-refractivity contribution in [3.05, 3.63) is 52.8 Å². The van der Waals surface area contributed by atoms with Crippen LogP contribution in [-0.4, -0.2) is 40.5 Å². The lowest BCUT2D eigenvalue weighted by molar-refractivity contribution is -0.129. The molecule has 0 saturated heterocycles. The molecule has 1 aromatic carbocycles. The van der Waals surface area contributed by atoms with Crippen molar-refractivity contribution in [1.29, 1.82) is 0 Å². The van der Waals surface area contributed by atoms with E-state index < -0.39 is 0 Å². The first-order valence-electron chi connectivity index (χ1n) is 6.31. The molecule has 0 aliphatic carbocycles. The zero-order valence-electron chi connectivity index (χ0n) is 11.5. The molecule has 0 aliphatic heterocycles. The fourth-order valence-corrected chi connectivity index (χ4v) is 1.94. The Hall–Kier alpha value is -2.34. The number of halogens is 1. The quantitative estimate of drug-likeness (QED) is 0.877. The van der Waals surface area contributed by atoms with E-state index >= 15 is 0 Å². The zero-order chi connectivity index (χ0) is 15.2. The Morgan fingerprint density at radius 1 is 1.43 bits per heavy atom. The lowest BCUT2D eigenvalue weighted by atomic mass is 10.2. The molecule has 0 spiro atoms. The summed E-state index contributed by atoms with van der Waals surface area (Å²) in [5.74, 6) is -0.519. The third kappa shape index (κ3) is 4.32. The van der Waals surface area contributed by atoms with Gasteiger partial charge in [-0.3, -0.25) is 14.7 Å². The summed E-state index contributed by atoms with van der Waals surface area (Å²) < 4.78 is 0. The Balaban J connectivity index is 1.84. The fourth-order valence-electron chi connectivity index (χ4n) is 1.75. The Bertz CT molecular complexity index is 628. The summed E-state index contributed by atoms with van der Waals surface area (Å²) in [7, 11) is 1.67. The third-order valence-corrected chi connectivity index (χ3v) is 3.12. The number of aromatic amines is 1. The van der Waals surface area contributed by atoms with Gasteiger partial charge in [0.1, 0.15) is 0 Å². The van der Waals surface area contributed by atoms with Crippen LogP contribution in [0.1, 0.15) is 15.9 Å². The number of benzene rings is 1. The van der Waals surface area contributed by atoms with Gasteiger partial charge in [-0.2, -0.15) is 5.10 Å². The summed E-state index contributed by atoms with van der Waals surface area (Å²) in [5, 5.41) is 9.54. The van der Waals surface area contributed by atoms with E-state index in [2.05, 4.69) is 15.5 Å². The topological polar surface area (TPSA) is 78.1 Å². The highest BCUT2D eigenvalue weighted by atomic mass is 35.5. The molecule has 21 heavy (non-hydrogen) atoms. The van der Waals surface area contributed by atoms with Gasteiger partial charge < -0.3 is 10.2 Å². The summed E-state index contributed by atoms with van der Waals surface area (Å²) in [6.07, 6.45) is 3.36. The summed E-state index contributed by atoms with van der Waals surface area (Å²) in [4.78, 5) is 25.3. The van der Waals surface area contributed by atoms with Crippen LogP contribution in [0.4, 0.5) is 0 Å². The number of nitrogens with one attached hydrogen (secondary N) is 2. The van der Waals surface area contributed by atoms with E-state index in [0.29, 0.717) is 17.1 Å². The minimum absolute atomic E-state index is 0.0697. The molecule has 110 valence electrons. The van der Waals surface area contributed by atoms with E-state index in [1.54, 1.807) is 43.7 Å². The fraction of sp³-hybridized carbons (Fsp3) is 0.214. The van der Waals surface area contributed by atoms with Crippen LogP contribution in [0.3, 0.4) is 0 Å². The Morgan fingerprint density at radius 2 is 2.24 bits per heavy atom. The van der Waals surface area contributed by atoms with Crippen molar-refractivity contribution in [2.45, 2.75) is 6.54 Å². The maximum Gasteiger partial charge on any atom is 0.251 e. The standard InChI is InChI=1S/C14H15ClN4O2/c1-19(9-10-6-17-18-7-10)13(20)8-16-14(21)11-3-2-4-12(15)5-11/h2-7H,8-9H2,1H3,(H,16,21)(H,17,18). The molecule has 0 unspecified atom stereocenters. The van der Waals surface area contributed by atoms with Gasteiger partial charge in [-0.15, -0.1) is 0 Å². The molecule has 7 heteroatoms. The number of carbonyl (C=O) groups excluding carboxylic acids is 2. The molecule has 0 radical (unpaired) electrons. The third-order valence-electron chi connectivity index (χ3n) is 2.89. The number of likely N-dealkylation sites (N-methyl/N-ethyl adjacent to an activating group) is 1. The summed E-state index contributed by atoms with van der Waals surface area (Å²) in [6.45, 7) is 0.363. The van der Waals surface area contributed by atoms with Crippen LogP contribution in [0.5, 0.6) is 0 Å². The van der Waals surface area contributed by atoms with Gasteiger partial charge in [-0.1, -0.05) is 17.7 Å². The lowest BCUT2D eigenvalue weighted by Crippen LogP contribution is -2.37. The van der Waals surface area contributed by atoms with Gasteiger partial charge >= 0.3 is 0 Å². The highest BCUT2D eigenvalue weighted by molar-refractivity contribution is 6.30. The first kappa shape index (κ1) is 15.1. The summed E-state index contributed by atoms with van der Waals surface area (Å²) in [5.41, 5.74) is 1.32. The minimum atomic E-state index is -0.331. The van der Waals surface area contributed by atoms with Gasteiger partial charge in [-0.05, 0) is 18.2 Å². The molecule has 0 bridgehead atoms. The van der Waals surface area contributed by atoms with Gasteiger partial charge in [-0.25, -0.2) is 0 Å². The average molecular weight is 307 g/mol. The molecule has 0 aliphatic rings. The predicted molar refractivity (Wildman–Crippen MR) is 78.8 cm³/mol. The lowest BCUT2D eigenvalue weighted by Gasteiger charge is -2.16. The van der Waals surface area contributed by atoms with Crippen LogP contribution in [0, 0.1) is 0 Å². The second-order valence-electron chi connectivity index (χ2n) is 4.55. The minimum Gasteiger partial charge on any atom is -0.343 e. The van der Waals surface area contributed by atoms with E-state index in [9.17, 15) is 9.59 Å². The molecule has 0 atom stereocenters. The van der Waals surface area contributed by atoms with Crippen molar-refractivity contribution >= 4 is 23.4 Å². The van der Waals surface area contributed by atoms with E-state index in [4.69, 9.17) is 11.6 Å². The monoisotopic (exact) mass is 306 g/mol. The Morgan fingerprint density at radius 3 is 2.90 bits per heavy atom. The van der Waals surface area contributed by atoms with Crippen molar-refractivity contribution in [3.8, 4) is 0 Å². The number of amides is 2. The predicted octanol–water partition coefficient (Wildman–Crippen LogP) is 1.45. The Kier molecular flexibility index (Phi) is 4.94. The summed E-state index contributed by atoms with van der Waals surface area (Å²) >= 11 is 5.82. The van der Waals surface area contributed by atoms with E-state index in [-0.39, 0.29) is 18.4 Å². The Labute approximate surface area is 127 Å². The molecular weight excluding hydrogens is 292 g/mol. The van der Waals surface area contributed by atoms with Gasteiger partial charge in [0.2, 0.25) is 5.91 Å². The van der Waals surface area contributed by atoms with E-state index in [1.807, 2.05) is 0 Å². The smallest absolute Gasteiger partial charge is 0.251 e. The van der Waals surface area contributed by atoms with Crippen LogP contribution in [0.15, 0.2) is 36.7 Å². The molecule has 2 amide bonds. The van der Waals surface area contributed by atoms with E-state index in [0.717, 1.165) is 5.56 Å². The molecule has 0 fully saturated rings. The van der Waals surface area contributed by atoms with Crippen molar-refractivity contribution < 1.29 is 9.59 Å². The largest absolute Gasteiger partial charge is 0.343 e. The van der Waals surface area contributed by atoms with Gasteiger partial charge in [0.05, 0.1) is 12.7 Å². The second-order valence-corrected chi connectivity index (χ2v) is 4.99. The highest BCUT2D eigenvalue weighted by Crippen LogP contribution is 2.10. The van der Waals surface area contributed by atoms with E-state index in [1.165, 1.54) is 4.90 Å². The molecule has 2 rings (SSSR count). The molecular formula is C14H15ClN4O2. The van der Waals surface area contributed by atoms with Crippen LogP contribution in [0.2, 0.25) is 5.02 Å². The van der Waals surface area contributed by atoms with Crippen molar-refractivity contribution in [2.24, 2.45) is 0 Å². The normalized spacial score (nSPS) is 10.2. The number of nitrogens with zero attached hydrogens (tertiary/aromatic N) is 2. The number of aromatic nitrogens is 2.